The molecule has 1 aliphatic carbocycles. The second kappa shape index (κ2) is 7.94. The van der Waals surface area contributed by atoms with Crippen LogP contribution in [0, 0.1) is 4.77 Å². The summed E-state index contributed by atoms with van der Waals surface area (Å²) < 4.78 is 7.70. The Kier molecular flexibility index (Phi) is 5.41. The Morgan fingerprint density at radius 3 is 2.78 bits per heavy atom. The molecule has 2 aromatic rings. The van der Waals surface area contributed by atoms with Crippen LogP contribution in [0.15, 0.2) is 23.0 Å². The number of carbonyl (C=O) groups is 1. The number of carbonyl (C=O) groups excluding carboxylic acids is 1. The van der Waals surface area contributed by atoms with Crippen LogP contribution >= 0.6 is 12.2 Å². The average Bonchev–Trinajstić information content (AvgIpc) is 3.20. The zero-order valence-corrected chi connectivity index (χ0v) is 16.1. The van der Waals surface area contributed by atoms with Gasteiger partial charge in [-0.2, -0.15) is 0 Å². The lowest BCUT2D eigenvalue weighted by molar-refractivity contribution is 0.0858. The molecule has 27 heavy (non-hydrogen) atoms. The van der Waals surface area contributed by atoms with Crippen molar-refractivity contribution in [2.24, 2.45) is 0 Å². The summed E-state index contributed by atoms with van der Waals surface area (Å²) in [5.41, 5.74) is 1.06. The summed E-state index contributed by atoms with van der Waals surface area (Å²) in [6.07, 6.45) is 7.59. The smallest absolute Gasteiger partial charge is 0.262 e. The molecular formula is C20H25N3O3S. The predicted molar refractivity (Wildman–Crippen MR) is 107 cm³/mol. The lowest BCUT2D eigenvalue weighted by Gasteiger charge is -2.24. The molecule has 1 saturated heterocycles. The van der Waals surface area contributed by atoms with Crippen LogP contribution in [-0.2, 0) is 4.74 Å². The lowest BCUT2D eigenvalue weighted by Crippen LogP contribution is -2.32. The Morgan fingerprint density at radius 1 is 1.22 bits per heavy atom. The third-order valence-electron chi connectivity index (χ3n) is 5.65. The van der Waals surface area contributed by atoms with Crippen molar-refractivity contribution < 1.29 is 9.53 Å². The SMILES string of the molecule is O=C(NC[C@H]1CCCO1)c1ccc2c(=O)n(C3CCCCC3)c(=S)[nH]c2c1. The first-order chi connectivity index (χ1) is 13.1. The van der Waals surface area contributed by atoms with E-state index in [9.17, 15) is 9.59 Å². The van der Waals surface area contributed by atoms with Gasteiger partial charge in [0.15, 0.2) is 4.77 Å². The molecule has 1 aromatic heterocycles. The van der Waals surface area contributed by atoms with Gasteiger partial charge in [0.1, 0.15) is 0 Å². The van der Waals surface area contributed by atoms with Crippen LogP contribution in [0.25, 0.3) is 10.9 Å². The van der Waals surface area contributed by atoms with Crippen LogP contribution in [0.1, 0.15) is 61.3 Å². The number of amides is 1. The number of aromatic nitrogens is 2. The highest BCUT2D eigenvalue weighted by molar-refractivity contribution is 7.71. The highest BCUT2D eigenvalue weighted by atomic mass is 32.1. The van der Waals surface area contributed by atoms with Gasteiger partial charge in [0.05, 0.1) is 17.0 Å². The predicted octanol–water partition coefficient (Wildman–Crippen LogP) is 3.47. The van der Waals surface area contributed by atoms with E-state index in [2.05, 4.69) is 10.3 Å². The average molecular weight is 388 g/mol. The standard InChI is InChI=1S/C20H25N3O3S/c24-18(21-12-15-7-4-10-26-15)13-8-9-16-17(11-13)22-20(27)23(19(16)25)14-5-2-1-3-6-14/h8-9,11,14-15H,1-7,10,12H2,(H,21,24)(H,22,27)/t15-/m1/s1. The molecule has 1 atom stereocenters. The highest BCUT2D eigenvalue weighted by Gasteiger charge is 2.20. The van der Waals surface area contributed by atoms with Gasteiger partial charge in [0.25, 0.3) is 11.5 Å². The summed E-state index contributed by atoms with van der Waals surface area (Å²) in [7, 11) is 0. The number of H-pyrrole nitrogens is 1. The maximum absolute atomic E-state index is 13.0. The number of nitrogens with zero attached hydrogens (tertiary/aromatic N) is 1. The Bertz CT molecular complexity index is 953. The number of aromatic amines is 1. The van der Waals surface area contributed by atoms with Crippen molar-refractivity contribution in [1.29, 1.82) is 0 Å². The molecule has 0 unspecified atom stereocenters. The fraction of sp³-hybridized carbons (Fsp3) is 0.550. The minimum atomic E-state index is -0.164. The third kappa shape index (κ3) is 3.84. The van der Waals surface area contributed by atoms with Crippen LogP contribution < -0.4 is 10.9 Å². The van der Waals surface area contributed by atoms with E-state index in [0.29, 0.717) is 27.8 Å². The molecule has 1 aromatic carbocycles. The maximum atomic E-state index is 13.0. The Labute approximate surface area is 162 Å². The molecule has 0 radical (unpaired) electrons. The molecular weight excluding hydrogens is 362 g/mol. The van der Waals surface area contributed by atoms with Gasteiger partial charge in [0.2, 0.25) is 0 Å². The Balaban J connectivity index is 1.60. The van der Waals surface area contributed by atoms with Gasteiger partial charge < -0.3 is 15.0 Å². The normalized spacial score (nSPS) is 20.8. The van der Waals surface area contributed by atoms with Crippen molar-refractivity contribution in [2.75, 3.05) is 13.2 Å². The first-order valence-electron chi connectivity index (χ1n) is 9.82. The van der Waals surface area contributed by atoms with Crippen LogP contribution in [0.2, 0.25) is 0 Å². The second-order valence-corrected chi connectivity index (χ2v) is 7.89. The molecule has 0 bridgehead atoms. The minimum absolute atomic E-state index is 0.0630. The molecule has 144 valence electrons. The molecule has 0 spiro atoms. The zero-order valence-electron chi connectivity index (χ0n) is 15.3. The fourth-order valence-electron chi connectivity index (χ4n) is 4.16. The number of hydrogen-bond acceptors (Lipinski definition) is 4. The van der Waals surface area contributed by atoms with E-state index in [1.165, 1.54) is 6.42 Å². The van der Waals surface area contributed by atoms with Crippen LogP contribution in [0.3, 0.4) is 0 Å². The quantitative estimate of drug-likeness (QED) is 0.788. The van der Waals surface area contributed by atoms with Gasteiger partial charge in [-0.25, -0.2) is 0 Å². The summed E-state index contributed by atoms with van der Waals surface area (Å²) in [5.74, 6) is -0.164. The minimum Gasteiger partial charge on any atom is -0.376 e. The van der Waals surface area contributed by atoms with Gasteiger partial charge >= 0.3 is 0 Å². The molecule has 2 heterocycles. The van der Waals surface area contributed by atoms with E-state index >= 15 is 0 Å². The van der Waals surface area contributed by atoms with Crippen molar-refractivity contribution >= 4 is 29.0 Å². The van der Waals surface area contributed by atoms with Crippen LogP contribution in [-0.4, -0.2) is 34.7 Å². The molecule has 6 nitrogen and oxygen atoms in total. The molecule has 4 rings (SSSR count). The van der Waals surface area contributed by atoms with Crippen molar-refractivity contribution in [2.45, 2.75) is 57.1 Å². The van der Waals surface area contributed by atoms with Gasteiger partial charge in [-0.15, -0.1) is 0 Å². The van der Waals surface area contributed by atoms with Gasteiger partial charge in [-0.1, -0.05) is 19.3 Å². The highest BCUT2D eigenvalue weighted by Crippen LogP contribution is 2.27. The Morgan fingerprint density at radius 2 is 2.04 bits per heavy atom. The summed E-state index contributed by atoms with van der Waals surface area (Å²) in [6, 6.07) is 5.32. The number of hydrogen-bond donors (Lipinski definition) is 2. The van der Waals surface area contributed by atoms with Crippen LogP contribution in [0.5, 0.6) is 0 Å². The zero-order chi connectivity index (χ0) is 18.8. The summed E-state index contributed by atoms with van der Waals surface area (Å²) in [4.78, 5) is 28.6. The number of ether oxygens (including phenoxy) is 1. The molecule has 1 amide bonds. The van der Waals surface area contributed by atoms with E-state index < -0.39 is 0 Å². The van der Waals surface area contributed by atoms with Gasteiger partial charge in [0, 0.05) is 24.8 Å². The Hall–Kier alpha value is -1.99. The lowest BCUT2D eigenvalue weighted by atomic mass is 9.95. The van der Waals surface area contributed by atoms with Crippen molar-refractivity contribution in [3.05, 3.63) is 38.9 Å². The number of benzene rings is 1. The first-order valence-corrected chi connectivity index (χ1v) is 10.2. The van der Waals surface area contributed by atoms with Crippen molar-refractivity contribution in [3.63, 3.8) is 0 Å². The van der Waals surface area contributed by atoms with Gasteiger partial charge in [-0.3, -0.25) is 14.2 Å². The van der Waals surface area contributed by atoms with E-state index in [-0.39, 0.29) is 23.6 Å². The monoisotopic (exact) mass is 387 g/mol. The summed E-state index contributed by atoms with van der Waals surface area (Å²) in [6.45, 7) is 1.27. The van der Waals surface area contributed by atoms with Crippen molar-refractivity contribution in [1.82, 2.24) is 14.9 Å². The number of nitrogens with one attached hydrogen (secondary N) is 2. The van der Waals surface area contributed by atoms with Gasteiger partial charge in [-0.05, 0) is 56.1 Å². The van der Waals surface area contributed by atoms with E-state index in [0.717, 1.165) is 45.1 Å². The summed E-state index contributed by atoms with van der Waals surface area (Å²) in [5, 5.41) is 3.48. The molecule has 7 heteroatoms. The third-order valence-corrected chi connectivity index (χ3v) is 5.94. The molecule has 1 saturated carbocycles. The summed E-state index contributed by atoms with van der Waals surface area (Å²) >= 11 is 5.47. The van der Waals surface area contributed by atoms with E-state index in [1.54, 1.807) is 22.8 Å². The second-order valence-electron chi connectivity index (χ2n) is 7.50. The molecule has 2 aliphatic rings. The number of fused-ring (bicyclic) bond motifs is 1. The maximum Gasteiger partial charge on any atom is 0.262 e. The number of rotatable bonds is 4. The topological polar surface area (TPSA) is 76.1 Å². The molecule has 1 aliphatic heterocycles. The van der Waals surface area contributed by atoms with Crippen molar-refractivity contribution in [3.8, 4) is 0 Å². The van der Waals surface area contributed by atoms with E-state index in [1.807, 2.05) is 0 Å². The van der Waals surface area contributed by atoms with Crippen LogP contribution in [0.4, 0.5) is 0 Å². The molecule has 2 N–H and O–H groups in total. The van der Waals surface area contributed by atoms with E-state index in [4.69, 9.17) is 17.0 Å². The molecule has 2 fully saturated rings. The fourth-order valence-corrected chi connectivity index (χ4v) is 4.50. The largest absolute Gasteiger partial charge is 0.376 e. The first kappa shape index (κ1) is 18.4.